The number of carbonyl (C=O) groups excluding carboxylic acids is 1. The number of ether oxygens (including phenoxy) is 2. The number of amides is 1. The summed E-state index contributed by atoms with van der Waals surface area (Å²) in [6, 6.07) is 11.9. The Bertz CT molecular complexity index is 674. The van der Waals surface area contributed by atoms with Crippen LogP contribution in [-0.4, -0.2) is 26.2 Å². The fraction of sp³-hybridized carbons (Fsp3) is 0.235. The van der Waals surface area contributed by atoms with Crippen LogP contribution in [0.1, 0.15) is 6.92 Å². The quantitative estimate of drug-likeness (QED) is 0.843. The van der Waals surface area contributed by atoms with Crippen LogP contribution in [0.3, 0.4) is 0 Å². The van der Waals surface area contributed by atoms with E-state index in [0.29, 0.717) is 27.9 Å². The molecule has 5 nitrogen and oxygen atoms in total. The standard InChI is InChI=1S/C17H19ClN2O3/c1-11(17(21)20-13-6-4-12(18)5-7-13)19-15-9-8-14(22-2)10-16(15)23-3/h4-11,19H,1-3H3,(H,20,21). The maximum Gasteiger partial charge on any atom is 0.246 e. The Morgan fingerprint density at radius 2 is 1.78 bits per heavy atom. The van der Waals surface area contributed by atoms with Gasteiger partial charge in [-0.2, -0.15) is 0 Å². The molecule has 1 atom stereocenters. The minimum Gasteiger partial charge on any atom is -0.497 e. The van der Waals surface area contributed by atoms with E-state index in [1.165, 1.54) is 0 Å². The van der Waals surface area contributed by atoms with E-state index in [-0.39, 0.29) is 5.91 Å². The Morgan fingerprint density at radius 1 is 1.09 bits per heavy atom. The molecule has 1 amide bonds. The van der Waals surface area contributed by atoms with Crippen LogP contribution in [-0.2, 0) is 4.79 Å². The van der Waals surface area contributed by atoms with Crippen molar-refractivity contribution in [1.82, 2.24) is 0 Å². The van der Waals surface area contributed by atoms with E-state index >= 15 is 0 Å². The van der Waals surface area contributed by atoms with Crippen LogP contribution in [0.2, 0.25) is 5.02 Å². The molecule has 2 rings (SSSR count). The summed E-state index contributed by atoms with van der Waals surface area (Å²) in [4.78, 5) is 12.3. The van der Waals surface area contributed by atoms with Gasteiger partial charge in [0.2, 0.25) is 5.91 Å². The number of benzene rings is 2. The molecule has 1 unspecified atom stereocenters. The van der Waals surface area contributed by atoms with Crippen LogP contribution in [0, 0.1) is 0 Å². The highest BCUT2D eigenvalue weighted by atomic mass is 35.5. The van der Waals surface area contributed by atoms with Gasteiger partial charge in [0.25, 0.3) is 0 Å². The SMILES string of the molecule is COc1ccc(NC(C)C(=O)Nc2ccc(Cl)cc2)c(OC)c1. The second-order valence-corrected chi connectivity index (χ2v) is 5.36. The van der Waals surface area contributed by atoms with Gasteiger partial charge in [0.05, 0.1) is 19.9 Å². The number of methoxy groups -OCH3 is 2. The Morgan fingerprint density at radius 3 is 2.39 bits per heavy atom. The third kappa shape index (κ3) is 4.53. The van der Waals surface area contributed by atoms with Gasteiger partial charge in [-0.1, -0.05) is 11.6 Å². The first kappa shape index (κ1) is 17.0. The minimum absolute atomic E-state index is 0.162. The molecule has 0 aromatic heterocycles. The van der Waals surface area contributed by atoms with Crippen LogP contribution in [0.5, 0.6) is 11.5 Å². The third-order valence-corrected chi connectivity index (χ3v) is 3.54. The van der Waals surface area contributed by atoms with Gasteiger partial charge in [-0.05, 0) is 43.3 Å². The van der Waals surface area contributed by atoms with Crippen molar-refractivity contribution in [2.24, 2.45) is 0 Å². The van der Waals surface area contributed by atoms with Gasteiger partial charge in [0.1, 0.15) is 17.5 Å². The summed E-state index contributed by atoms with van der Waals surface area (Å²) in [6.07, 6.45) is 0. The number of hydrogen-bond acceptors (Lipinski definition) is 4. The lowest BCUT2D eigenvalue weighted by atomic mass is 10.2. The van der Waals surface area contributed by atoms with Crippen molar-refractivity contribution in [2.45, 2.75) is 13.0 Å². The van der Waals surface area contributed by atoms with Crippen LogP contribution in [0.25, 0.3) is 0 Å². The number of anilines is 2. The molecule has 2 N–H and O–H groups in total. The second kappa shape index (κ2) is 7.74. The normalized spacial score (nSPS) is 11.5. The van der Waals surface area contributed by atoms with E-state index in [9.17, 15) is 4.79 Å². The van der Waals surface area contributed by atoms with E-state index in [1.54, 1.807) is 57.5 Å². The van der Waals surface area contributed by atoms with Crippen LogP contribution >= 0.6 is 11.6 Å². The molecule has 0 aliphatic heterocycles. The molecule has 0 aliphatic rings. The summed E-state index contributed by atoms with van der Waals surface area (Å²) in [5, 5.41) is 6.57. The Kier molecular flexibility index (Phi) is 5.71. The monoisotopic (exact) mass is 334 g/mol. The van der Waals surface area contributed by atoms with E-state index in [4.69, 9.17) is 21.1 Å². The van der Waals surface area contributed by atoms with E-state index in [0.717, 1.165) is 0 Å². The summed E-state index contributed by atoms with van der Waals surface area (Å²) in [5.74, 6) is 1.13. The number of nitrogens with one attached hydrogen (secondary N) is 2. The molecule has 0 spiro atoms. The molecule has 0 bridgehead atoms. The van der Waals surface area contributed by atoms with Crippen molar-refractivity contribution in [3.63, 3.8) is 0 Å². The summed E-state index contributed by atoms with van der Waals surface area (Å²) in [5.41, 5.74) is 1.40. The minimum atomic E-state index is -0.451. The Labute approximate surface area is 140 Å². The molecule has 0 saturated carbocycles. The molecule has 2 aromatic carbocycles. The molecule has 0 aliphatic carbocycles. The molecular formula is C17H19ClN2O3. The molecule has 0 radical (unpaired) electrons. The highest BCUT2D eigenvalue weighted by molar-refractivity contribution is 6.30. The zero-order chi connectivity index (χ0) is 16.8. The van der Waals surface area contributed by atoms with E-state index in [1.807, 2.05) is 6.07 Å². The summed E-state index contributed by atoms with van der Waals surface area (Å²) in [7, 11) is 3.16. The van der Waals surface area contributed by atoms with Crippen LogP contribution in [0.4, 0.5) is 11.4 Å². The number of halogens is 1. The van der Waals surface area contributed by atoms with Gasteiger partial charge in [-0.25, -0.2) is 0 Å². The molecule has 122 valence electrons. The highest BCUT2D eigenvalue weighted by Gasteiger charge is 2.15. The van der Waals surface area contributed by atoms with Crippen molar-refractivity contribution in [3.8, 4) is 11.5 Å². The first-order valence-corrected chi connectivity index (χ1v) is 7.46. The van der Waals surface area contributed by atoms with Crippen molar-refractivity contribution in [2.75, 3.05) is 24.9 Å². The average Bonchev–Trinajstić information content (AvgIpc) is 2.57. The summed E-state index contributed by atoms with van der Waals surface area (Å²) < 4.78 is 10.5. The van der Waals surface area contributed by atoms with Gasteiger partial charge in [-0.15, -0.1) is 0 Å². The van der Waals surface area contributed by atoms with Gasteiger partial charge in [0.15, 0.2) is 0 Å². The first-order chi connectivity index (χ1) is 11.0. The fourth-order valence-electron chi connectivity index (χ4n) is 2.00. The zero-order valence-corrected chi connectivity index (χ0v) is 14.0. The first-order valence-electron chi connectivity index (χ1n) is 7.08. The smallest absolute Gasteiger partial charge is 0.246 e. The van der Waals surface area contributed by atoms with Crippen molar-refractivity contribution in [3.05, 3.63) is 47.5 Å². The van der Waals surface area contributed by atoms with Gasteiger partial charge in [0, 0.05) is 16.8 Å². The summed E-state index contributed by atoms with van der Waals surface area (Å²) in [6.45, 7) is 1.77. The molecular weight excluding hydrogens is 316 g/mol. The van der Waals surface area contributed by atoms with E-state index < -0.39 is 6.04 Å². The van der Waals surface area contributed by atoms with Gasteiger partial charge < -0.3 is 20.1 Å². The number of carbonyl (C=O) groups is 1. The fourth-order valence-corrected chi connectivity index (χ4v) is 2.13. The highest BCUT2D eigenvalue weighted by Crippen LogP contribution is 2.29. The average molecular weight is 335 g/mol. The third-order valence-electron chi connectivity index (χ3n) is 3.29. The molecule has 0 saturated heterocycles. The topological polar surface area (TPSA) is 59.6 Å². The number of hydrogen-bond donors (Lipinski definition) is 2. The lowest BCUT2D eigenvalue weighted by Crippen LogP contribution is -2.32. The maximum atomic E-state index is 12.3. The molecule has 2 aromatic rings. The Hall–Kier alpha value is -2.40. The molecule has 6 heteroatoms. The molecule has 0 fully saturated rings. The predicted octanol–water partition coefficient (Wildman–Crippen LogP) is 3.80. The molecule has 0 heterocycles. The molecule has 23 heavy (non-hydrogen) atoms. The van der Waals surface area contributed by atoms with Crippen molar-refractivity contribution >= 4 is 28.9 Å². The van der Waals surface area contributed by atoms with Crippen molar-refractivity contribution < 1.29 is 14.3 Å². The van der Waals surface area contributed by atoms with Gasteiger partial charge in [-0.3, -0.25) is 4.79 Å². The second-order valence-electron chi connectivity index (χ2n) is 4.93. The van der Waals surface area contributed by atoms with Crippen molar-refractivity contribution in [1.29, 1.82) is 0 Å². The maximum absolute atomic E-state index is 12.3. The lowest BCUT2D eigenvalue weighted by molar-refractivity contribution is -0.116. The van der Waals surface area contributed by atoms with Crippen LogP contribution in [0.15, 0.2) is 42.5 Å². The van der Waals surface area contributed by atoms with E-state index in [2.05, 4.69) is 10.6 Å². The lowest BCUT2D eigenvalue weighted by Gasteiger charge is -2.18. The zero-order valence-electron chi connectivity index (χ0n) is 13.2. The summed E-state index contributed by atoms with van der Waals surface area (Å²) >= 11 is 5.83. The van der Waals surface area contributed by atoms with Crippen LogP contribution < -0.4 is 20.1 Å². The van der Waals surface area contributed by atoms with Gasteiger partial charge >= 0.3 is 0 Å². The Balaban J connectivity index is 2.04. The number of rotatable bonds is 6. The largest absolute Gasteiger partial charge is 0.497 e. The predicted molar refractivity (Wildman–Crippen MR) is 92.7 cm³/mol.